The summed E-state index contributed by atoms with van der Waals surface area (Å²) in [5.74, 6) is -0.499. The van der Waals surface area contributed by atoms with Crippen molar-refractivity contribution in [1.29, 1.82) is 0 Å². The average molecular weight is 519 g/mol. The van der Waals surface area contributed by atoms with Crippen LogP contribution in [0.15, 0.2) is 48.5 Å². The Bertz CT molecular complexity index is 1080. The summed E-state index contributed by atoms with van der Waals surface area (Å²) in [4.78, 5) is 42.9. The molecular weight excluding hydrogens is 491 g/mol. The van der Waals surface area contributed by atoms with E-state index in [0.717, 1.165) is 25.7 Å². The van der Waals surface area contributed by atoms with Crippen LogP contribution >= 0.6 is 23.2 Å². The Labute approximate surface area is 214 Å². The normalized spacial score (nSPS) is 22.4. The molecule has 10 heteroatoms. The van der Waals surface area contributed by atoms with Gasteiger partial charge < -0.3 is 20.7 Å². The standard InChI is InChI=1S/C25H28Cl2N4O4/c26-20-12-7-16(15-21(20)27)24(33)30-13-4-14-31(25(34)35-19-5-2-1-3-6-19)23(30)22(32)29-18-10-8-17(28)9-11-18/h1-3,5-7,12,15,17-18,23H,4,8-11,13-14,28H2,(H,29,32). The van der Waals surface area contributed by atoms with Gasteiger partial charge in [0.1, 0.15) is 5.75 Å². The second-order valence-electron chi connectivity index (χ2n) is 8.85. The molecule has 2 aromatic carbocycles. The predicted octanol–water partition coefficient (Wildman–Crippen LogP) is 4.05. The van der Waals surface area contributed by atoms with Gasteiger partial charge in [-0.15, -0.1) is 0 Å². The highest BCUT2D eigenvalue weighted by Crippen LogP contribution is 2.26. The van der Waals surface area contributed by atoms with E-state index >= 15 is 0 Å². The summed E-state index contributed by atoms with van der Waals surface area (Å²) in [7, 11) is 0. The molecule has 35 heavy (non-hydrogen) atoms. The molecule has 1 saturated heterocycles. The monoisotopic (exact) mass is 518 g/mol. The topological polar surface area (TPSA) is 105 Å². The molecule has 2 fully saturated rings. The molecule has 2 aromatic rings. The lowest BCUT2D eigenvalue weighted by atomic mass is 9.91. The Morgan fingerprint density at radius 2 is 1.60 bits per heavy atom. The van der Waals surface area contributed by atoms with Gasteiger partial charge in [-0.25, -0.2) is 4.79 Å². The number of rotatable bonds is 4. The quantitative estimate of drug-likeness (QED) is 0.634. The minimum atomic E-state index is -1.17. The van der Waals surface area contributed by atoms with Gasteiger partial charge in [-0.2, -0.15) is 0 Å². The molecule has 1 heterocycles. The van der Waals surface area contributed by atoms with E-state index in [4.69, 9.17) is 33.7 Å². The number of halogens is 2. The van der Waals surface area contributed by atoms with Gasteiger partial charge >= 0.3 is 6.09 Å². The fourth-order valence-corrected chi connectivity index (χ4v) is 4.79. The minimum absolute atomic E-state index is 0.0712. The van der Waals surface area contributed by atoms with Gasteiger partial charge in [-0.05, 0) is 62.4 Å². The third-order valence-corrected chi connectivity index (χ3v) is 7.09. The van der Waals surface area contributed by atoms with Crippen LogP contribution in [0.2, 0.25) is 10.0 Å². The fraction of sp³-hybridized carbons (Fsp3) is 0.400. The summed E-state index contributed by atoms with van der Waals surface area (Å²) < 4.78 is 5.52. The zero-order valence-corrected chi connectivity index (χ0v) is 20.7. The lowest BCUT2D eigenvalue weighted by Gasteiger charge is -2.42. The van der Waals surface area contributed by atoms with Gasteiger partial charge in [0.15, 0.2) is 6.17 Å². The first kappa shape index (κ1) is 25.3. The first-order valence-electron chi connectivity index (χ1n) is 11.7. The first-order chi connectivity index (χ1) is 16.8. The molecule has 3 N–H and O–H groups in total. The number of benzene rings is 2. The molecule has 2 aliphatic rings. The van der Waals surface area contributed by atoms with E-state index in [1.54, 1.807) is 30.3 Å². The Balaban J connectivity index is 1.60. The van der Waals surface area contributed by atoms with Crippen molar-refractivity contribution in [2.45, 2.75) is 50.4 Å². The molecule has 1 atom stereocenters. The van der Waals surface area contributed by atoms with E-state index in [9.17, 15) is 14.4 Å². The van der Waals surface area contributed by atoms with Crippen LogP contribution in [0.25, 0.3) is 0 Å². The minimum Gasteiger partial charge on any atom is -0.410 e. The highest BCUT2D eigenvalue weighted by Gasteiger charge is 2.42. The average Bonchev–Trinajstić information content (AvgIpc) is 2.86. The van der Waals surface area contributed by atoms with Gasteiger partial charge in [0.2, 0.25) is 0 Å². The van der Waals surface area contributed by atoms with Crippen molar-refractivity contribution in [2.24, 2.45) is 5.73 Å². The summed E-state index contributed by atoms with van der Waals surface area (Å²) in [6, 6.07) is 13.2. The second kappa shape index (κ2) is 11.3. The molecule has 4 rings (SSSR count). The number of carbonyl (C=O) groups excluding carboxylic acids is 3. The van der Waals surface area contributed by atoms with Crippen LogP contribution in [0.1, 0.15) is 42.5 Å². The molecule has 0 bridgehead atoms. The van der Waals surface area contributed by atoms with Crippen molar-refractivity contribution in [1.82, 2.24) is 15.1 Å². The van der Waals surface area contributed by atoms with Crippen LogP contribution in [0.5, 0.6) is 5.75 Å². The van der Waals surface area contributed by atoms with Crippen molar-refractivity contribution >= 4 is 41.1 Å². The molecule has 1 aliphatic carbocycles. The number of amides is 3. The van der Waals surface area contributed by atoms with Crippen molar-refractivity contribution < 1.29 is 19.1 Å². The maximum absolute atomic E-state index is 13.5. The van der Waals surface area contributed by atoms with Gasteiger partial charge in [-0.3, -0.25) is 14.5 Å². The third-order valence-electron chi connectivity index (χ3n) is 6.35. The molecule has 1 aliphatic heterocycles. The molecule has 1 unspecified atom stereocenters. The molecule has 1 saturated carbocycles. The Kier molecular flexibility index (Phi) is 8.15. The summed E-state index contributed by atoms with van der Waals surface area (Å²) >= 11 is 12.1. The Morgan fingerprint density at radius 3 is 2.29 bits per heavy atom. The summed E-state index contributed by atoms with van der Waals surface area (Å²) in [5, 5.41) is 3.58. The van der Waals surface area contributed by atoms with Crippen LogP contribution < -0.4 is 15.8 Å². The van der Waals surface area contributed by atoms with Crippen LogP contribution in [-0.4, -0.2) is 59.0 Å². The smallest absolute Gasteiger partial charge is 0.410 e. The van der Waals surface area contributed by atoms with E-state index in [0.29, 0.717) is 23.7 Å². The zero-order valence-electron chi connectivity index (χ0n) is 19.2. The van der Waals surface area contributed by atoms with E-state index in [1.807, 2.05) is 6.07 Å². The van der Waals surface area contributed by atoms with Gasteiger partial charge in [-0.1, -0.05) is 41.4 Å². The molecule has 186 valence electrons. The summed E-state index contributed by atoms with van der Waals surface area (Å²) in [6.45, 7) is 0.562. The van der Waals surface area contributed by atoms with Crippen molar-refractivity contribution in [3.63, 3.8) is 0 Å². The number of para-hydroxylation sites is 1. The number of nitrogens with two attached hydrogens (primary N) is 1. The van der Waals surface area contributed by atoms with E-state index in [2.05, 4.69) is 5.32 Å². The molecule has 0 aromatic heterocycles. The number of carbonyl (C=O) groups is 3. The first-order valence-corrected chi connectivity index (χ1v) is 12.4. The van der Waals surface area contributed by atoms with Crippen molar-refractivity contribution in [3.8, 4) is 5.75 Å². The van der Waals surface area contributed by atoms with Crippen LogP contribution in [-0.2, 0) is 4.79 Å². The maximum Gasteiger partial charge on any atom is 0.417 e. The second-order valence-corrected chi connectivity index (χ2v) is 9.66. The van der Waals surface area contributed by atoms with Crippen molar-refractivity contribution in [2.75, 3.05) is 13.1 Å². The number of hydrogen-bond acceptors (Lipinski definition) is 5. The lowest BCUT2D eigenvalue weighted by Crippen LogP contribution is -2.65. The molecule has 3 amide bonds. The van der Waals surface area contributed by atoms with Crippen molar-refractivity contribution in [3.05, 3.63) is 64.1 Å². The lowest BCUT2D eigenvalue weighted by molar-refractivity contribution is -0.133. The van der Waals surface area contributed by atoms with Crippen LogP contribution in [0.3, 0.4) is 0 Å². The Morgan fingerprint density at radius 1 is 0.914 bits per heavy atom. The van der Waals surface area contributed by atoms with Gasteiger partial charge in [0.25, 0.3) is 11.8 Å². The van der Waals surface area contributed by atoms with Gasteiger partial charge in [0, 0.05) is 30.7 Å². The molecule has 8 nitrogen and oxygen atoms in total. The van der Waals surface area contributed by atoms with E-state index < -0.39 is 24.1 Å². The highest BCUT2D eigenvalue weighted by atomic mass is 35.5. The molecule has 0 radical (unpaired) electrons. The SMILES string of the molecule is NC1CCC(NC(=O)C2N(C(=O)Oc3ccccc3)CCCN2C(=O)c2ccc(Cl)c(Cl)c2)CC1. The van der Waals surface area contributed by atoms with E-state index in [-0.39, 0.29) is 29.2 Å². The third kappa shape index (κ3) is 6.07. The van der Waals surface area contributed by atoms with Crippen LogP contribution in [0.4, 0.5) is 4.79 Å². The number of ether oxygens (including phenoxy) is 1. The van der Waals surface area contributed by atoms with Gasteiger partial charge in [0.05, 0.1) is 10.0 Å². The highest BCUT2D eigenvalue weighted by molar-refractivity contribution is 6.42. The number of nitrogens with zero attached hydrogens (tertiary/aromatic N) is 2. The predicted molar refractivity (Wildman–Crippen MR) is 133 cm³/mol. The zero-order chi connectivity index (χ0) is 24.9. The molecule has 0 spiro atoms. The maximum atomic E-state index is 13.5. The summed E-state index contributed by atoms with van der Waals surface area (Å²) in [5.41, 5.74) is 6.28. The molecular formula is C25H28Cl2N4O4. The summed E-state index contributed by atoms with van der Waals surface area (Å²) in [6.07, 6.45) is 1.72. The van der Waals surface area contributed by atoms with E-state index in [1.165, 1.54) is 21.9 Å². The Hall–Kier alpha value is -2.81. The van der Waals surface area contributed by atoms with Crippen LogP contribution in [0, 0.1) is 0 Å². The fourth-order valence-electron chi connectivity index (χ4n) is 4.49. The number of nitrogens with one attached hydrogen (secondary N) is 1. The largest absolute Gasteiger partial charge is 0.417 e. The number of hydrogen-bond donors (Lipinski definition) is 2.